The zero-order valence-electron chi connectivity index (χ0n) is 32.7. The van der Waals surface area contributed by atoms with E-state index in [1.165, 1.54) is 19.1 Å². The van der Waals surface area contributed by atoms with Gasteiger partial charge in [-0.1, -0.05) is 100 Å². The van der Waals surface area contributed by atoms with Crippen LogP contribution in [-0.4, -0.2) is 69.5 Å². The number of ether oxygens (including phenoxy) is 1. The molecule has 1 aromatic heterocycles. The first-order valence-corrected chi connectivity index (χ1v) is 18.8. The largest absolute Gasteiger partial charge is 0.371 e. The van der Waals surface area contributed by atoms with Crippen molar-refractivity contribution in [3.05, 3.63) is 117 Å². The van der Waals surface area contributed by atoms with E-state index in [4.69, 9.17) is 4.74 Å². The first-order valence-electron chi connectivity index (χ1n) is 18.8. The van der Waals surface area contributed by atoms with Crippen molar-refractivity contribution in [2.24, 2.45) is 11.8 Å². The number of amides is 4. The third-order valence-corrected chi connectivity index (χ3v) is 9.24. The molecule has 0 fully saturated rings. The quantitative estimate of drug-likeness (QED) is 0.0960. The fourth-order valence-corrected chi connectivity index (χ4v) is 6.25. The fourth-order valence-electron chi connectivity index (χ4n) is 6.25. The van der Waals surface area contributed by atoms with Crippen molar-refractivity contribution in [3.8, 4) is 0 Å². The number of hydrogen-bond acceptors (Lipinski definition) is 8. The molecule has 4 aromatic rings. The highest BCUT2D eigenvalue weighted by atomic mass is 16.5. The van der Waals surface area contributed by atoms with Gasteiger partial charge in [-0.3, -0.25) is 38.7 Å². The minimum absolute atomic E-state index is 0.0586. The molecule has 14 heteroatoms. The van der Waals surface area contributed by atoms with Gasteiger partial charge in [0.15, 0.2) is 5.78 Å². The van der Waals surface area contributed by atoms with Crippen LogP contribution in [0.1, 0.15) is 59.1 Å². The van der Waals surface area contributed by atoms with Crippen LogP contribution in [0.25, 0.3) is 10.8 Å². The number of carbonyl (C=O) groups is 5. The molecule has 0 aliphatic rings. The van der Waals surface area contributed by atoms with Gasteiger partial charge in [0.2, 0.25) is 23.6 Å². The summed E-state index contributed by atoms with van der Waals surface area (Å²) >= 11 is 0. The molecule has 5 N–H and O–H groups in total. The first-order chi connectivity index (χ1) is 26.6. The molecule has 0 saturated carbocycles. The van der Waals surface area contributed by atoms with Gasteiger partial charge in [-0.15, -0.1) is 0 Å². The monoisotopic (exact) mass is 768 g/mol. The molecule has 1 unspecified atom stereocenters. The molecule has 0 radical (unpaired) electrons. The highest BCUT2D eigenvalue weighted by molar-refractivity contribution is 5.96. The van der Waals surface area contributed by atoms with Gasteiger partial charge in [0.25, 0.3) is 11.1 Å². The van der Waals surface area contributed by atoms with Gasteiger partial charge in [0, 0.05) is 6.92 Å². The normalized spacial score (nSPS) is 14.0. The Morgan fingerprint density at radius 3 is 1.80 bits per heavy atom. The summed E-state index contributed by atoms with van der Waals surface area (Å²) in [5.74, 6) is -3.37. The summed E-state index contributed by atoms with van der Waals surface area (Å²) in [6.07, 6.45) is -0.660. The standard InChI is InChI=1S/C42H52N6O8/c1-25(2)21-34(45-41(54)37(27(5)56-24-30-17-11-8-12-18-30)46-40(53)36(26(3)4)43-28(6)49)39(52)44-33(22-29-15-9-7-10-16-29)35(50)23-48-42(55)32-20-14-13-19-31(32)38(51)47-48/h7-20,25-27,33-34,36-37H,21-24H2,1-6H3,(H,43,49)(H,44,52)(H,45,54)(H,46,53)(H,47,51)/t27?,33-,34-,36-,37-/m0/s1. The number of carbonyl (C=O) groups excluding carboxylic acids is 5. The Hall–Kier alpha value is -5.89. The number of aromatic nitrogens is 2. The van der Waals surface area contributed by atoms with E-state index < -0.39 is 77.3 Å². The topological polar surface area (TPSA) is 198 Å². The Morgan fingerprint density at radius 2 is 1.21 bits per heavy atom. The maximum Gasteiger partial charge on any atom is 0.273 e. The van der Waals surface area contributed by atoms with Gasteiger partial charge in [-0.05, 0) is 54.9 Å². The number of fused-ring (bicyclic) bond motifs is 1. The number of rotatable bonds is 19. The van der Waals surface area contributed by atoms with Crippen LogP contribution in [0.4, 0.5) is 0 Å². The molecule has 5 atom stereocenters. The summed E-state index contributed by atoms with van der Waals surface area (Å²) in [6.45, 7) is 9.77. The molecule has 56 heavy (non-hydrogen) atoms. The Balaban J connectivity index is 1.61. The average molecular weight is 769 g/mol. The molecule has 0 spiro atoms. The summed E-state index contributed by atoms with van der Waals surface area (Å²) in [4.78, 5) is 93.8. The van der Waals surface area contributed by atoms with Crippen LogP contribution in [0.15, 0.2) is 94.5 Å². The number of hydrogen-bond donors (Lipinski definition) is 5. The van der Waals surface area contributed by atoms with E-state index in [2.05, 4.69) is 26.4 Å². The number of H-pyrrole nitrogens is 1. The smallest absolute Gasteiger partial charge is 0.273 e. The Bertz CT molecular complexity index is 2100. The van der Waals surface area contributed by atoms with Crippen LogP contribution in [0.5, 0.6) is 0 Å². The number of Topliss-reactive ketones (excluding diaryl/α,β-unsaturated/α-hetero) is 1. The van der Waals surface area contributed by atoms with E-state index in [0.717, 1.165) is 15.8 Å². The van der Waals surface area contributed by atoms with Crippen molar-refractivity contribution in [2.45, 2.75) is 97.8 Å². The lowest BCUT2D eigenvalue weighted by Crippen LogP contribution is -2.61. The second-order valence-corrected chi connectivity index (χ2v) is 14.7. The van der Waals surface area contributed by atoms with E-state index in [1.807, 2.05) is 50.2 Å². The second-order valence-electron chi connectivity index (χ2n) is 14.7. The van der Waals surface area contributed by atoms with Gasteiger partial charge < -0.3 is 26.0 Å². The summed E-state index contributed by atoms with van der Waals surface area (Å²) in [5, 5.41) is 13.8. The van der Waals surface area contributed by atoms with Gasteiger partial charge >= 0.3 is 0 Å². The second kappa shape index (κ2) is 20.1. The molecule has 0 bridgehead atoms. The Morgan fingerprint density at radius 1 is 0.661 bits per heavy atom. The van der Waals surface area contributed by atoms with E-state index in [0.29, 0.717) is 0 Å². The minimum atomic E-state index is -1.29. The molecule has 298 valence electrons. The first kappa shape index (κ1) is 42.8. The Kier molecular flexibility index (Phi) is 15.4. The van der Waals surface area contributed by atoms with E-state index >= 15 is 0 Å². The van der Waals surface area contributed by atoms with Crippen LogP contribution < -0.4 is 32.4 Å². The third-order valence-electron chi connectivity index (χ3n) is 9.24. The number of benzene rings is 3. The third kappa shape index (κ3) is 12.1. The van der Waals surface area contributed by atoms with Gasteiger partial charge in [0.05, 0.1) is 29.5 Å². The molecule has 0 aliphatic heterocycles. The summed E-state index contributed by atoms with van der Waals surface area (Å²) in [6, 6.07) is 20.0. The fraction of sp³-hybridized carbons (Fsp3) is 0.405. The lowest BCUT2D eigenvalue weighted by atomic mass is 9.98. The molecule has 0 aliphatic carbocycles. The van der Waals surface area contributed by atoms with Crippen molar-refractivity contribution in [1.82, 2.24) is 31.0 Å². The molecule has 1 heterocycles. The summed E-state index contributed by atoms with van der Waals surface area (Å²) < 4.78 is 6.99. The van der Waals surface area contributed by atoms with Crippen molar-refractivity contribution < 1.29 is 28.7 Å². The SMILES string of the molecule is CC(=O)N[C@H](C(=O)N[C@H](C(=O)N[C@@H](CC(C)C)C(=O)N[C@@H](Cc1ccccc1)C(=O)Cn1[nH]c(=O)c2ccccc2c1=O)C(C)OCc1ccccc1)C(C)C. The number of aromatic amines is 1. The van der Waals surface area contributed by atoms with Crippen molar-refractivity contribution in [1.29, 1.82) is 0 Å². The lowest BCUT2D eigenvalue weighted by Gasteiger charge is -2.30. The average Bonchev–Trinajstić information content (AvgIpc) is 3.16. The lowest BCUT2D eigenvalue weighted by molar-refractivity contribution is -0.138. The zero-order chi connectivity index (χ0) is 40.9. The highest BCUT2D eigenvalue weighted by Crippen LogP contribution is 2.13. The summed E-state index contributed by atoms with van der Waals surface area (Å²) in [7, 11) is 0. The van der Waals surface area contributed by atoms with Gasteiger partial charge in [0.1, 0.15) is 24.7 Å². The van der Waals surface area contributed by atoms with Crippen molar-refractivity contribution >= 4 is 40.2 Å². The van der Waals surface area contributed by atoms with Gasteiger partial charge in [-0.2, -0.15) is 0 Å². The molecular weight excluding hydrogens is 716 g/mol. The van der Waals surface area contributed by atoms with Gasteiger partial charge in [-0.25, -0.2) is 4.68 Å². The number of nitrogens with zero attached hydrogens (tertiary/aromatic N) is 1. The molecule has 4 rings (SSSR count). The molecule has 3 aromatic carbocycles. The van der Waals surface area contributed by atoms with Crippen LogP contribution >= 0.6 is 0 Å². The maximum absolute atomic E-state index is 14.2. The van der Waals surface area contributed by atoms with Crippen LogP contribution in [0, 0.1) is 11.8 Å². The maximum atomic E-state index is 14.2. The van der Waals surface area contributed by atoms with Crippen LogP contribution in [0.2, 0.25) is 0 Å². The summed E-state index contributed by atoms with van der Waals surface area (Å²) in [5.41, 5.74) is 0.445. The number of nitrogens with one attached hydrogen (secondary N) is 5. The van der Waals surface area contributed by atoms with Crippen LogP contribution in [-0.2, 0) is 48.3 Å². The minimum Gasteiger partial charge on any atom is -0.371 e. The molecule has 4 amide bonds. The van der Waals surface area contributed by atoms with E-state index in [9.17, 15) is 33.6 Å². The van der Waals surface area contributed by atoms with Crippen molar-refractivity contribution in [3.63, 3.8) is 0 Å². The van der Waals surface area contributed by atoms with E-state index in [1.54, 1.807) is 57.2 Å². The predicted molar refractivity (Wildman–Crippen MR) is 212 cm³/mol. The zero-order valence-corrected chi connectivity index (χ0v) is 32.7. The van der Waals surface area contributed by atoms with Crippen molar-refractivity contribution in [2.75, 3.05) is 0 Å². The molecule has 14 nitrogen and oxygen atoms in total. The van der Waals surface area contributed by atoms with Crippen LogP contribution in [0.3, 0.4) is 0 Å². The highest BCUT2D eigenvalue weighted by Gasteiger charge is 2.35. The Labute approximate surface area is 325 Å². The molecular formula is C42H52N6O8. The number of ketones is 1. The predicted octanol–water partition coefficient (Wildman–Crippen LogP) is 2.77. The molecule has 0 saturated heterocycles. The van der Waals surface area contributed by atoms with E-state index in [-0.39, 0.29) is 42.1 Å².